The molecule has 57 heavy (non-hydrogen) atoms. The van der Waals surface area contributed by atoms with E-state index in [4.69, 9.17) is 6.58 Å². The van der Waals surface area contributed by atoms with Crippen LogP contribution < -0.4 is 4.90 Å². The molecule has 0 radical (unpaired) electrons. The summed E-state index contributed by atoms with van der Waals surface area (Å²) in [6, 6.07) is 69.8. The minimum atomic E-state index is 0.959. The quantitative estimate of drug-likeness (QED) is 0.172. The monoisotopic (exact) mass is 727 g/mol. The molecule has 8 aromatic carbocycles. The molecule has 3 nitrogen and oxygen atoms in total. The Morgan fingerprint density at radius 2 is 0.825 bits per heavy atom. The van der Waals surface area contributed by atoms with Crippen LogP contribution in [0.3, 0.4) is 0 Å². The van der Waals surface area contributed by atoms with E-state index in [1.54, 1.807) is 0 Å². The average molecular weight is 728 g/mol. The first-order valence-corrected chi connectivity index (χ1v) is 19.5. The summed E-state index contributed by atoms with van der Waals surface area (Å²) < 4.78 is 4.73. The Kier molecular flexibility index (Phi) is 7.65. The van der Waals surface area contributed by atoms with E-state index in [2.05, 4.69) is 227 Å². The van der Waals surface area contributed by atoms with Crippen LogP contribution in [0, 0.1) is 0 Å². The zero-order valence-electron chi connectivity index (χ0n) is 31.3. The largest absolute Gasteiger partial charge is 0.317 e. The first-order valence-electron chi connectivity index (χ1n) is 19.5. The number of fused-ring (bicyclic) bond motifs is 7. The van der Waals surface area contributed by atoms with Gasteiger partial charge in [0.05, 0.1) is 27.8 Å². The first kappa shape index (κ1) is 32.8. The number of hydrogen-bond donors (Lipinski definition) is 0. The van der Waals surface area contributed by atoms with Crippen molar-refractivity contribution < 1.29 is 0 Å². The van der Waals surface area contributed by atoms with Gasteiger partial charge in [0.2, 0.25) is 0 Å². The Morgan fingerprint density at radius 3 is 1.42 bits per heavy atom. The highest BCUT2D eigenvalue weighted by Crippen LogP contribution is 2.42. The molecule has 10 aromatic rings. The molecular weight excluding hydrogens is 691 g/mol. The van der Waals surface area contributed by atoms with Crippen LogP contribution in [0.15, 0.2) is 219 Å². The molecule has 0 saturated carbocycles. The summed E-state index contributed by atoms with van der Waals surface area (Å²) in [5, 5.41) is 4.93. The van der Waals surface area contributed by atoms with Crippen molar-refractivity contribution >= 4 is 66.1 Å². The number of benzene rings is 8. The Hall–Kier alpha value is -7.62. The molecule has 0 unspecified atom stereocenters. The Labute approximate surface area is 331 Å². The van der Waals surface area contributed by atoms with Gasteiger partial charge >= 0.3 is 0 Å². The summed E-state index contributed by atoms with van der Waals surface area (Å²) in [7, 11) is 0. The minimum Gasteiger partial charge on any atom is -0.317 e. The van der Waals surface area contributed by atoms with E-state index in [1.807, 2.05) is 0 Å². The minimum absolute atomic E-state index is 0.959. The third-order valence-electron chi connectivity index (χ3n) is 11.4. The second-order valence-corrected chi connectivity index (χ2v) is 14.7. The summed E-state index contributed by atoms with van der Waals surface area (Å²) >= 11 is 0. The van der Waals surface area contributed by atoms with Gasteiger partial charge in [-0.3, -0.25) is 0 Å². The molecule has 0 saturated heterocycles. The summed E-state index contributed by atoms with van der Waals surface area (Å²) in [5.74, 6) is 0. The molecule has 0 aliphatic carbocycles. The van der Waals surface area contributed by atoms with Crippen molar-refractivity contribution in [2.75, 3.05) is 4.90 Å². The van der Waals surface area contributed by atoms with Gasteiger partial charge in [-0.05, 0) is 125 Å². The van der Waals surface area contributed by atoms with E-state index < -0.39 is 0 Å². The molecule has 0 N–H and O–H groups in total. The summed E-state index contributed by atoms with van der Waals surface area (Å²) in [4.78, 5) is 2.29. The molecular formula is C54H37N3. The van der Waals surface area contributed by atoms with Gasteiger partial charge in [-0.2, -0.15) is 0 Å². The van der Waals surface area contributed by atoms with Crippen molar-refractivity contribution in [3.05, 3.63) is 230 Å². The van der Waals surface area contributed by atoms with Gasteiger partial charge in [-0.1, -0.05) is 116 Å². The van der Waals surface area contributed by atoms with E-state index in [1.165, 1.54) is 49.2 Å². The molecule has 0 atom stereocenters. The van der Waals surface area contributed by atoms with Gasteiger partial charge < -0.3 is 14.0 Å². The second-order valence-electron chi connectivity index (χ2n) is 14.7. The van der Waals surface area contributed by atoms with Crippen molar-refractivity contribution in [2.45, 2.75) is 0 Å². The van der Waals surface area contributed by atoms with Crippen molar-refractivity contribution in [3.63, 3.8) is 0 Å². The number of rotatable bonds is 5. The lowest BCUT2D eigenvalue weighted by Gasteiger charge is -2.26. The van der Waals surface area contributed by atoms with Crippen LogP contribution in [0.4, 0.5) is 11.4 Å². The van der Waals surface area contributed by atoms with Crippen LogP contribution in [0.2, 0.25) is 0 Å². The normalized spacial score (nSPS) is 14.4. The van der Waals surface area contributed by atoms with Gasteiger partial charge in [0.15, 0.2) is 0 Å². The number of hydrogen-bond acceptors (Lipinski definition) is 1. The fraction of sp³-hybridized carbons (Fsp3) is 0. The third kappa shape index (κ3) is 5.43. The van der Waals surface area contributed by atoms with Crippen molar-refractivity contribution in [2.24, 2.45) is 0 Å². The van der Waals surface area contributed by atoms with E-state index in [0.29, 0.717) is 0 Å². The van der Waals surface area contributed by atoms with Crippen molar-refractivity contribution in [1.29, 1.82) is 0 Å². The molecule has 0 fully saturated rings. The fourth-order valence-corrected chi connectivity index (χ4v) is 8.74. The molecule has 0 spiro atoms. The lowest BCUT2D eigenvalue weighted by atomic mass is 9.92. The lowest BCUT2D eigenvalue weighted by molar-refractivity contribution is 1.18. The molecule has 1 aliphatic rings. The maximum Gasteiger partial charge on any atom is 0.0541 e. The number of anilines is 2. The highest BCUT2D eigenvalue weighted by Gasteiger charge is 2.20. The predicted octanol–water partition coefficient (Wildman–Crippen LogP) is 14.3. The van der Waals surface area contributed by atoms with E-state index in [9.17, 15) is 0 Å². The van der Waals surface area contributed by atoms with Crippen LogP contribution in [-0.4, -0.2) is 9.13 Å². The summed E-state index contributed by atoms with van der Waals surface area (Å²) in [6.07, 6.45) is 6.67. The molecule has 2 aromatic heterocycles. The fourth-order valence-electron chi connectivity index (χ4n) is 8.74. The molecule has 3 heterocycles. The van der Waals surface area contributed by atoms with Crippen LogP contribution in [0.1, 0.15) is 11.1 Å². The summed E-state index contributed by atoms with van der Waals surface area (Å²) in [5.41, 5.74) is 15.9. The second kappa shape index (κ2) is 13.3. The van der Waals surface area contributed by atoms with Crippen LogP contribution in [0.25, 0.3) is 77.3 Å². The van der Waals surface area contributed by atoms with E-state index >= 15 is 0 Å². The third-order valence-corrected chi connectivity index (χ3v) is 11.4. The molecule has 1 aliphatic heterocycles. The van der Waals surface area contributed by atoms with Gasteiger partial charge in [-0.15, -0.1) is 0 Å². The zero-order chi connectivity index (χ0) is 37.9. The van der Waals surface area contributed by atoms with Crippen molar-refractivity contribution in [3.8, 4) is 22.5 Å². The highest BCUT2D eigenvalue weighted by molar-refractivity contribution is 6.12. The molecule has 0 amide bonds. The number of para-hydroxylation sites is 5. The number of aromatic nitrogens is 2. The van der Waals surface area contributed by atoms with Crippen LogP contribution >= 0.6 is 0 Å². The smallest absolute Gasteiger partial charge is 0.0541 e. The number of allylic oxidation sites excluding steroid dienone is 4. The Morgan fingerprint density at radius 1 is 0.368 bits per heavy atom. The van der Waals surface area contributed by atoms with Gasteiger partial charge in [0.1, 0.15) is 0 Å². The maximum absolute atomic E-state index is 4.74. The highest BCUT2D eigenvalue weighted by atomic mass is 15.1. The number of nitrogens with zero attached hydrogens (tertiary/aromatic N) is 3. The van der Waals surface area contributed by atoms with E-state index in [0.717, 1.165) is 50.6 Å². The van der Waals surface area contributed by atoms with Crippen LogP contribution in [-0.2, 0) is 0 Å². The Bertz CT molecular complexity index is 3240. The SMILES string of the molecule is C=C1/C=C(c2ccc3c(c2)c2ccccc2n3-c2ccccc2)\C=C/N(c2ccccc2)c2ccc(-c3ccc4c(c3)c3ccccc3n4-c3ccccc3)cc21. The standard InChI is InChI=1S/C54H37N3/c1-37-33-41(40-27-30-54-49(36-40)46-22-12-14-24-52(46)57(54)44-19-9-4-10-20-44)31-32-55(42-15-5-2-6-16-42)50-28-25-38(34-47(37)50)39-26-29-53-48(35-39)45-21-11-13-23-51(45)56(53)43-17-7-3-8-18-43/h2-36H,1H2/b32-31-,41-33+. The maximum atomic E-state index is 4.74. The lowest BCUT2D eigenvalue weighted by Crippen LogP contribution is -2.12. The predicted molar refractivity (Wildman–Crippen MR) is 242 cm³/mol. The molecule has 0 bridgehead atoms. The average Bonchev–Trinajstić information content (AvgIpc) is 3.78. The van der Waals surface area contributed by atoms with E-state index in [-0.39, 0.29) is 0 Å². The Balaban J connectivity index is 1.06. The van der Waals surface area contributed by atoms with Gasteiger partial charge in [0.25, 0.3) is 0 Å². The first-order chi connectivity index (χ1) is 28.2. The molecule has 268 valence electrons. The van der Waals surface area contributed by atoms with Gasteiger partial charge in [-0.25, -0.2) is 0 Å². The summed E-state index contributed by atoms with van der Waals surface area (Å²) in [6.45, 7) is 4.74. The van der Waals surface area contributed by atoms with Crippen LogP contribution in [0.5, 0.6) is 0 Å². The topological polar surface area (TPSA) is 13.1 Å². The molecule has 11 rings (SSSR count). The molecule has 3 heteroatoms. The van der Waals surface area contributed by atoms with Gasteiger partial charge in [0, 0.05) is 50.4 Å². The van der Waals surface area contributed by atoms with Crippen molar-refractivity contribution in [1.82, 2.24) is 9.13 Å². The zero-order valence-corrected chi connectivity index (χ0v) is 31.3.